The fraction of sp³-hybridized carbons (Fsp3) is 0.765. The van der Waals surface area contributed by atoms with E-state index in [2.05, 4.69) is 9.97 Å². The average Bonchev–Trinajstić information content (AvgIpc) is 2.46. The van der Waals surface area contributed by atoms with E-state index in [-0.39, 0.29) is 0 Å². The summed E-state index contributed by atoms with van der Waals surface area (Å²) in [5.41, 5.74) is 6.62. The lowest BCUT2D eigenvalue weighted by molar-refractivity contribution is -0.0395. The van der Waals surface area contributed by atoms with Crippen LogP contribution in [-0.4, -0.2) is 9.97 Å². The number of hydrogen-bond donors (Lipinski definition) is 1. The monoisotopic (exact) mass is 271 g/mol. The maximum absolute atomic E-state index is 5.59. The first kappa shape index (κ1) is 12.8. The van der Waals surface area contributed by atoms with Gasteiger partial charge in [0.2, 0.25) is 0 Å². The Hall–Kier alpha value is -0.960. The van der Waals surface area contributed by atoms with Crippen molar-refractivity contribution >= 4 is 0 Å². The van der Waals surface area contributed by atoms with Gasteiger partial charge in [-0.3, -0.25) is 0 Å². The molecule has 2 N–H and O–H groups in total. The lowest BCUT2D eigenvalue weighted by Gasteiger charge is -2.54. The molecule has 20 heavy (non-hydrogen) atoms. The van der Waals surface area contributed by atoms with Crippen LogP contribution < -0.4 is 5.73 Å². The zero-order valence-electron chi connectivity index (χ0n) is 12.2. The van der Waals surface area contributed by atoms with E-state index in [4.69, 9.17) is 5.73 Å². The van der Waals surface area contributed by atoms with Crippen molar-refractivity contribution in [1.29, 1.82) is 0 Å². The second-order valence-electron chi connectivity index (χ2n) is 7.34. The van der Waals surface area contributed by atoms with Gasteiger partial charge >= 0.3 is 0 Å². The third kappa shape index (κ3) is 2.26. The summed E-state index contributed by atoms with van der Waals surface area (Å²) in [5, 5.41) is 0. The van der Waals surface area contributed by atoms with Crippen LogP contribution in [0, 0.1) is 29.6 Å². The van der Waals surface area contributed by atoms with Gasteiger partial charge in [-0.1, -0.05) is 0 Å². The molecule has 0 aromatic carbocycles. The molecule has 1 aromatic rings. The molecule has 0 aliphatic heterocycles. The lowest BCUT2D eigenvalue weighted by atomic mass is 9.51. The van der Waals surface area contributed by atoms with Gasteiger partial charge in [-0.25, -0.2) is 9.97 Å². The largest absolute Gasteiger partial charge is 0.326 e. The van der Waals surface area contributed by atoms with E-state index in [1.54, 1.807) is 6.42 Å². The molecule has 4 aliphatic rings. The molecule has 1 aromatic heterocycles. The highest BCUT2D eigenvalue weighted by Gasteiger charge is 2.47. The molecule has 0 atom stereocenters. The summed E-state index contributed by atoms with van der Waals surface area (Å²) in [6.07, 6.45) is 13.8. The van der Waals surface area contributed by atoms with Crippen LogP contribution in [0.4, 0.5) is 0 Å². The van der Waals surface area contributed by atoms with Crippen LogP contribution >= 0.6 is 0 Å². The van der Waals surface area contributed by atoms with Gasteiger partial charge in [-0.2, -0.15) is 0 Å². The Morgan fingerprint density at radius 3 is 2.10 bits per heavy atom. The van der Waals surface area contributed by atoms with E-state index in [0.717, 1.165) is 47.4 Å². The van der Waals surface area contributed by atoms with Crippen molar-refractivity contribution < 1.29 is 0 Å². The minimum absolute atomic E-state index is 0.538. The maximum Gasteiger partial charge on any atom is 0.128 e. The Bertz CT molecular complexity index is 440. The maximum atomic E-state index is 5.59. The second kappa shape index (κ2) is 5.10. The van der Waals surface area contributed by atoms with E-state index in [0.29, 0.717) is 6.54 Å². The van der Waals surface area contributed by atoms with Gasteiger partial charge in [0.25, 0.3) is 0 Å². The predicted octanol–water partition coefficient (Wildman–Crippen LogP) is 2.94. The number of aromatic nitrogens is 2. The van der Waals surface area contributed by atoms with E-state index in [1.165, 1.54) is 32.1 Å². The topological polar surface area (TPSA) is 51.8 Å². The molecule has 4 fully saturated rings. The first-order valence-corrected chi connectivity index (χ1v) is 8.31. The number of aryl methyl sites for hydroxylation is 1. The highest BCUT2D eigenvalue weighted by Crippen LogP contribution is 2.57. The molecule has 0 spiro atoms. The lowest BCUT2D eigenvalue weighted by Crippen LogP contribution is -2.45. The molecular formula is C17H25N3. The quantitative estimate of drug-likeness (QED) is 0.916. The summed E-state index contributed by atoms with van der Waals surface area (Å²) >= 11 is 0. The summed E-state index contributed by atoms with van der Waals surface area (Å²) in [5.74, 6) is 6.17. The summed E-state index contributed by atoms with van der Waals surface area (Å²) in [4.78, 5) is 8.92. The molecule has 0 saturated heterocycles. The van der Waals surface area contributed by atoms with Gasteiger partial charge in [0.05, 0.1) is 0 Å². The van der Waals surface area contributed by atoms with Gasteiger partial charge in [-0.05, 0) is 68.1 Å². The van der Waals surface area contributed by atoms with Crippen LogP contribution in [-0.2, 0) is 13.0 Å². The first-order valence-electron chi connectivity index (χ1n) is 8.31. The van der Waals surface area contributed by atoms with Crippen LogP contribution in [0.2, 0.25) is 0 Å². The predicted molar refractivity (Wildman–Crippen MR) is 78.8 cm³/mol. The van der Waals surface area contributed by atoms with E-state index >= 15 is 0 Å². The second-order valence-corrected chi connectivity index (χ2v) is 7.34. The van der Waals surface area contributed by atoms with Crippen LogP contribution in [0.25, 0.3) is 0 Å². The van der Waals surface area contributed by atoms with Crippen LogP contribution in [0.1, 0.15) is 49.9 Å². The molecule has 5 rings (SSSR count). The SMILES string of the molecule is NCc1cnc(CCC2C3CC4CC(C3)CC2C4)nc1. The fourth-order valence-electron chi connectivity index (χ4n) is 5.42. The number of hydrogen-bond acceptors (Lipinski definition) is 3. The number of rotatable bonds is 4. The highest BCUT2D eigenvalue weighted by molar-refractivity contribution is 5.05. The van der Waals surface area contributed by atoms with Gasteiger partial charge in [0.15, 0.2) is 0 Å². The molecule has 4 aliphatic carbocycles. The van der Waals surface area contributed by atoms with Gasteiger partial charge in [0, 0.05) is 30.9 Å². The van der Waals surface area contributed by atoms with E-state index in [9.17, 15) is 0 Å². The summed E-state index contributed by atoms with van der Waals surface area (Å²) in [6, 6.07) is 0. The van der Waals surface area contributed by atoms with Crippen molar-refractivity contribution in [2.24, 2.45) is 35.3 Å². The fourth-order valence-corrected chi connectivity index (χ4v) is 5.42. The Morgan fingerprint density at radius 2 is 1.55 bits per heavy atom. The smallest absolute Gasteiger partial charge is 0.128 e. The number of nitrogens with zero attached hydrogens (tertiary/aromatic N) is 2. The van der Waals surface area contributed by atoms with Crippen LogP contribution in [0.3, 0.4) is 0 Å². The molecule has 3 nitrogen and oxygen atoms in total. The van der Waals surface area contributed by atoms with Gasteiger partial charge in [-0.15, -0.1) is 0 Å². The van der Waals surface area contributed by atoms with Crippen molar-refractivity contribution in [3.63, 3.8) is 0 Å². The molecule has 1 heterocycles. The summed E-state index contributed by atoms with van der Waals surface area (Å²) in [6.45, 7) is 0.538. The summed E-state index contributed by atoms with van der Waals surface area (Å²) < 4.78 is 0. The highest BCUT2D eigenvalue weighted by atomic mass is 14.9. The van der Waals surface area contributed by atoms with Crippen LogP contribution in [0.5, 0.6) is 0 Å². The van der Waals surface area contributed by atoms with Crippen LogP contribution in [0.15, 0.2) is 12.4 Å². The molecule has 0 radical (unpaired) electrons. The first-order chi connectivity index (χ1) is 9.81. The van der Waals surface area contributed by atoms with Crippen molar-refractivity contribution in [3.8, 4) is 0 Å². The molecule has 108 valence electrons. The molecule has 4 saturated carbocycles. The normalized spacial score (nSPS) is 38.4. The average molecular weight is 271 g/mol. The Morgan fingerprint density at radius 1 is 0.950 bits per heavy atom. The molecule has 0 amide bonds. The molecule has 4 bridgehead atoms. The van der Waals surface area contributed by atoms with Crippen molar-refractivity contribution in [2.75, 3.05) is 0 Å². The van der Waals surface area contributed by atoms with Gasteiger partial charge in [0.1, 0.15) is 5.82 Å². The van der Waals surface area contributed by atoms with Gasteiger partial charge < -0.3 is 5.73 Å². The Balaban J connectivity index is 1.39. The van der Waals surface area contributed by atoms with E-state index in [1.807, 2.05) is 12.4 Å². The molecule has 0 unspecified atom stereocenters. The standard InChI is InChI=1S/C17H25N3/c18-8-13-9-19-17(20-10-13)2-1-16-14-4-11-3-12(6-14)7-15(16)5-11/h9-12,14-16H,1-8,18H2. The van der Waals surface area contributed by atoms with E-state index < -0.39 is 0 Å². The number of nitrogens with two attached hydrogens (primary N) is 1. The molecule has 3 heteroatoms. The zero-order chi connectivity index (χ0) is 13.5. The minimum Gasteiger partial charge on any atom is -0.326 e. The van der Waals surface area contributed by atoms with Crippen molar-refractivity contribution in [2.45, 2.75) is 51.5 Å². The third-order valence-corrected chi connectivity index (χ3v) is 6.12. The van der Waals surface area contributed by atoms with Crippen molar-refractivity contribution in [1.82, 2.24) is 9.97 Å². The Kier molecular flexibility index (Phi) is 3.25. The molecular weight excluding hydrogens is 246 g/mol. The summed E-state index contributed by atoms with van der Waals surface area (Å²) in [7, 11) is 0. The minimum atomic E-state index is 0.538. The van der Waals surface area contributed by atoms with Crippen molar-refractivity contribution in [3.05, 3.63) is 23.8 Å². The Labute approximate surface area is 121 Å². The zero-order valence-corrected chi connectivity index (χ0v) is 12.2. The third-order valence-electron chi connectivity index (χ3n) is 6.12.